The third-order valence-electron chi connectivity index (χ3n) is 4.97. The van der Waals surface area contributed by atoms with Crippen LogP contribution in [0.5, 0.6) is 11.5 Å². The Hall–Kier alpha value is -3.22. The molecule has 29 heavy (non-hydrogen) atoms. The summed E-state index contributed by atoms with van der Waals surface area (Å²) in [6.45, 7) is 2.99. The van der Waals surface area contributed by atoms with Crippen molar-refractivity contribution in [3.8, 4) is 11.5 Å². The van der Waals surface area contributed by atoms with Crippen molar-refractivity contribution >= 4 is 23.3 Å². The van der Waals surface area contributed by atoms with Crippen molar-refractivity contribution in [3.63, 3.8) is 0 Å². The summed E-state index contributed by atoms with van der Waals surface area (Å²) < 4.78 is 10.5. The van der Waals surface area contributed by atoms with Crippen molar-refractivity contribution < 1.29 is 19.1 Å². The van der Waals surface area contributed by atoms with Gasteiger partial charge < -0.3 is 25.0 Å². The van der Waals surface area contributed by atoms with Crippen LogP contribution in [0.3, 0.4) is 0 Å². The molecule has 2 aromatic rings. The van der Waals surface area contributed by atoms with Gasteiger partial charge in [-0.25, -0.2) is 4.79 Å². The van der Waals surface area contributed by atoms with Gasteiger partial charge in [0.2, 0.25) is 5.91 Å². The number of piperidine rings is 1. The van der Waals surface area contributed by atoms with Crippen LogP contribution in [0, 0.1) is 12.8 Å². The Morgan fingerprint density at radius 2 is 1.72 bits per heavy atom. The molecule has 1 saturated heterocycles. The van der Waals surface area contributed by atoms with Crippen molar-refractivity contribution in [2.45, 2.75) is 19.8 Å². The van der Waals surface area contributed by atoms with Gasteiger partial charge in [0.15, 0.2) is 0 Å². The Bertz CT molecular complexity index is 862. The van der Waals surface area contributed by atoms with E-state index >= 15 is 0 Å². The summed E-state index contributed by atoms with van der Waals surface area (Å²) in [5, 5.41) is 5.83. The van der Waals surface area contributed by atoms with Crippen LogP contribution in [0.25, 0.3) is 0 Å². The van der Waals surface area contributed by atoms with Gasteiger partial charge in [0.25, 0.3) is 0 Å². The van der Waals surface area contributed by atoms with E-state index in [1.807, 2.05) is 31.2 Å². The predicted octanol–water partition coefficient (Wildman–Crippen LogP) is 3.89. The number of carbonyl (C=O) groups is 2. The minimum Gasteiger partial charge on any atom is -0.497 e. The van der Waals surface area contributed by atoms with Crippen molar-refractivity contribution in [2.24, 2.45) is 5.92 Å². The summed E-state index contributed by atoms with van der Waals surface area (Å²) in [7, 11) is 3.12. The number of ether oxygens (including phenoxy) is 2. The van der Waals surface area contributed by atoms with Gasteiger partial charge in [0.05, 0.1) is 20.1 Å². The quantitative estimate of drug-likeness (QED) is 0.802. The smallest absolute Gasteiger partial charge is 0.321 e. The summed E-state index contributed by atoms with van der Waals surface area (Å²) in [6, 6.07) is 12.7. The zero-order valence-electron chi connectivity index (χ0n) is 17.0. The van der Waals surface area contributed by atoms with Crippen molar-refractivity contribution in [3.05, 3.63) is 48.0 Å². The van der Waals surface area contributed by atoms with Crippen molar-refractivity contribution in [1.29, 1.82) is 0 Å². The Morgan fingerprint density at radius 3 is 2.38 bits per heavy atom. The van der Waals surface area contributed by atoms with Gasteiger partial charge in [-0.2, -0.15) is 0 Å². The molecule has 1 aliphatic rings. The lowest BCUT2D eigenvalue weighted by molar-refractivity contribution is -0.121. The first kappa shape index (κ1) is 20.5. The molecule has 1 atom stereocenters. The largest absolute Gasteiger partial charge is 0.497 e. The molecule has 1 unspecified atom stereocenters. The minimum atomic E-state index is -0.274. The second-order valence-electron chi connectivity index (χ2n) is 7.18. The summed E-state index contributed by atoms with van der Waals surface area (Å²) in [5.74, 6) is 0.808. The second kappa shape index (κ2) is 9.32. The number of amides is 3. The van der Waals surface area contributed by atoms with Crippen LogP contribution >= 0.6 is 0 Å². The molecule has 154 valence electrons. The standard InChI is InChI=1S/C22H27N3O4/c1-15-6-4-8-17(10-15)24-22(27)25-9-5-7-16(14-25)21(26)23-18-11-19(28-2)13-20(12-18)29-3/h4,6,8,10-13,16H,5,7,9,14H2,1-3H3,(H,23,26)(H,24,27). The molecule has 1 heterocycles. The number of rotatable bonds is 5. The average molecular weight is 397 g/mol. The molecule has 0 spiro atoms. The Labute approximate surface area is 171 Å². The first-order valence-electron chi connectivity index (χ1n) is 9.65. The summed E-state index contributed by atoms with van der Waals surface area (Å²) >= 11 is 0. The molecule has 1 fully saturated rings. The van der Waals surface area contributed by atoms with Crippen LogP contribution in [0.4, 0.5) is 16.2 Å². The van der Waals surface area contributed by atoms with E-state index in [1.165, 1.54) is 0 Å². The molecule has 0 aromatic heterocycles. The average Bonchev–Trinajstić information content (AvgIpc) is 2.73. The SMILES string of the molecule is COc1cc(NC(=O)C2CCCN(C(=O)Nc3cccc(C)c3)C2)cc(OC)c1. The predicted molar refractivity (Wildman–Crippen MR) is 113 cm³/mol. The molecule has 2 aromatic carbocycles. The van der Waals surface area contributed by atoms with Crippen LogP contribution in [-0.2, 0) is 4.79 Å². The number of hydrogen-bond donors (Lipinski definition) is 2. The number of carbonyl (C=O) groups excluding carboxylic acids is 2. The number of benzene rings is 2. The maximum atomic E-state index is 12.8. The molecule has 1 aliphatic heterocycles. The molecular formula is C22H27N3O4. The molecule has 7 heteroatoms. The Morgan fingerprint density at radius 1 is 1.00 bits per heavy atom. The first-order chi connectivity index (χ1) is 14.0. The minimum absolute atomic E-state index is 0.117. The van der Waals surface area contributed by atoms with Gasteiger partial charge in [0, 0.05) is 42.7 Å². The molecule has 0 saturated carbocycles. The topological polar surface area (TPSA) is 79.9 Å². The van der Waals surface area contributed by atoms with E-state index in [-0.39, 0.29) is 17.9 Å². The van der Waals surface area contributed by atoms with E-state index in [1.54, 1.807) is 37.3 Å². The highest BCUT2D eigenvalue weighted by Crippen LogP contribution is 2.27. The zero-order chi connectivity index (χ0) is 20.8. The van der Waals surface area contributed by atoms with Crippen LogP contribution in [0.2, 0.25) is 0 Å². The van der Waals surface area contributed by atoms with Crippen LogP contribution in [0.1, 0.15) is 18.4 Å². The summed E-state index contributed by atoms with van der Waals surface area (Å²) in [4.78, 5) is 27.1. The van der Waals surface area contributed by atoms with E-state index < -0.39 is 0 Å². The molecule has 0 aliphatic carbocycles. The van der Waals surface area contributed by atoms with Gasteiger partial charge in [0.1, 0.15) is 11.5 Å². The molecule has 3 amide bonds. The number of urea groups is 1. The number of nitrogens with zero attached hydrogens (tertiary/aromatic N) is 1. The van der Waals surface area contributed by atoms with Gasteiger partial charge in [-0.1, -0.05) is 12.1 Å². The van der Waals surface area contributed by atoms with Gasteiger partial charge >= 0.3 is 6.03 Å². The number of likely N-dealkylation sites (tertiary alicyclic amines) is 1. The van der Waals surface area contributed by atoms with Crippen LogP contribution < -0.4 is 20.1 Å². The van der Waals surface area contributed by atoms with Crippen LogP contribution in [0.15, 0.2) is 42.5 Å². The fraction of sp³-hybridized carbons (Fsp3) is 0.364. The number of anilines is 2. The Kier molecular flexibility index (Phi) is 6.59. The monoisotopic (exact) mass is 397 g/mol. The lowest BCUT2D eigenvalue weighted by Crippen LogP contribution is -2.45. The first-order valence-corrected chi connectivity index (χ1v) is 9.65. The van der Waals surface area contributed by atoms with Gasteiger partial charge in [-0.15, -0.1) is 0 Å². The zero-order valence-corrected chi connectivity index (χ0v) is 17.0. The highest BCUT2D eigenvalue weighted by Gasteiger charge is 2.28. The molecule has 3 rings (SSSR count). The molecule has 0 radical (unpaired) electrons. The number of aryl methyl sites for hydroxylation is 1. The van der Waals surface area contributed by atoms with Crippen LogP contribution in [-0.4, -0.2) is 44.1 Å². The fourth-order valence-corrected chi connectivity index (χ4v) is 3.42. The Balaban J connectivity index is 1.62. The maximum Gasteiger partial charge on any atom is 0.321 e. The third-order valence-corrected chi connectivity index (χ3v) is 4.97. The lowest BCUT2D eigenvalue weighted by Gasteiger charge is -2.32. The second-order valence-corrected chi connectivity index (χ2v) is 7.18. The van der Waals surface area contributed by atoms with Gasteiger partial charge in [-0.05, 0) is 37.5 Å². The van der Waals surface area contributed by atoms with E-state index in [9.17, 15) is 9.59 Å². The molecule has 2 N–H and O–H groups in total. The van der Waals surface area contributed by atoms with Crippen molar-refractivity contribution in [2.75, 3.05) is 37.9 Å². The number of methoxy groups -OCH3 is 2. The summed E-state index contributed by atoms with van der Waals surface area (Å²) in [6.07, 6.45) is 1.52. The number of hydrogen-bond acceptors (Lipinski definition) is 4. The third kappa shape index (κ3) is 5.40. The van der Waals surface area contributed by atoms with E-state index in [0.29, 0.717) is 30.3 Å². The highest BCUT2D eigenvalue weighted by atomic mass is 16.5. The molecule has 0 bridgehead atoms. The molecular weight excluding hydrogens is 370 g/mol. The van der Waals surface area contributed by atoms with Crippen molar-refractivity contribution in [1.82, 2.24) is 4.90 Å². The highest BCUT2D eigenvalue weighted by molar-refractivity contribution is 5.94. The molecule has 7 nitrogen and oxygen atoms in total. The lowest BCUT2D eigenvalue weighted by atomic mass is 9.97. The number of nitrogens with one attached hydrogen (secondary N) is 2. The van der Waals surface area contributed by atoms with Gasteiger partial charge in [-0.3, -0.25) is 4.79 Å². The summed E-state index contributed by atoms with van der Waals surface area (Å²) in [5.41, 5.74) is 2.44. The van der Waals surface area contributed by atoms with E-state index in [2.05, 4.69) is 10.6 Å². The van der Waals surface area contributed by atoms with E-state index in [0.717, 1.165) is 24.1 Å². The van der Waals surface area contributed by atoms with E-state index in [4.69, 9.17) is 9.47 Å². The fourth-order valence-electron chi connectivity index (χ4n) is 3.42. The normalized spacial score (nSPS) is 16.1. The maximum absolute atomic E-state index is 12.8.